The first-order valence-corrected chi connectivity index (χ1v) is 44.9. The molecule has 14 rings (SSSR count). The van der Waals surface area contributed by atoms with Gasteiger partial charge in [-0.1, -0.05) is 293 Å². The standard InChI is InChI=1S/C84H102N8O2Si3/c1-7-13-19-33-47-95(48-34-20-14-8-2,49-35-21-15-9-3)93-97(94-96(50-36-22-16-10-4,51-37-23-17-11-5)52-38-24-18-12-6)91-81-73-57-65-43-29-30-44-66(65)58-74(73)83(91)89-79-71-55-63-41-27-28-42-64(63)56-72(71)80(86-79)90-84-76-60-68-46-32-31-45-67(68)59-75(76)82(92(84)97)88-78-70-54-62-40-26-25-39-61(62)53-69(70)77(85-78)87-81/h25-32,39-46,53-60H,7-24,33-38,47-52H2,1-6H3/b87-77-,87-81?,88-78?,88-82-,89-79-,89-83?,90-80?,90-84-. The van der Waals surface area contributed by atoms with Gasteiger partial charge in [-0.3, -0.25) is 8.47 Å². The molecule has 8 aromatic carbocycles. The molecule has 0 atom stereocenters. The molecule has 4 aliphatic rings. The fraction of sp³-hybridized carbons (Fsp3) is 0.429. The van der Waals surface area contributed by atoms with Gasteiger partial charge in [0.15, 0.2) is 40.0 Å². The fourth-order valence-electron chi connectivity index (χ4n) is 16.5. The lowest BCUT2D eigenvalue weighted by atomic mass is 10.0. The molecule has 10 aromatic rings. The van der Waals surface area contributed by atoms with Gasteiger partial charge in [-0.2, -0.15) is 0 Å². The van der Waals surface area contributed by atoms with Crippen molar-refractivity contribution < 1.29 is 8.23 Å². The van der Waals surface area contributed by atoms with Crippen LogP contribution in [0.25, 0.3) is 64.6 Å². The maximum atomic E-state index is 9.78. The van der Waals surface area contributed by atoms with Gasteiger partial charge in [0.2, 0.25) is 0 Å². The highest BCUT2D eigenvalue weighted by molar-refractivity contribution is 6.89. The van der Waals surface area contributed by atoms with Crippen molar-refractivity contribution in [2.75, 3.05) is 0 Å². The van der Waals surface area contributed by atoms with Crippen LogP contribution in [0.1, 0.15) is 218 Å². The van der Waals surface area contributed by atoms with Crippen LogP contribution >= 0.6 is 0 Å². The van der Waals surface area contributed by atoms with E-state index < -0.39 is 25.5 Å². The molecule has 0 radical (unpaired) electrons. The van der Waals surface area contributed by atoms with Crippen molar-refractivity contribution in [3.63, 3.8) is 0 Å². The molecule has 0 aliphatic carbocycles. The monoisotopic (exact) mass is 1340 g/mol. The Morgan fingerprint density at radius 2 is 0.526 bits per heavy atom. The van der Waals surface area contributed by atoms with Crippen LogP contribution in [-0.2, 0) is 8.23 Å². The molecule has 0 saturated heterocycles. The number of aromatic nitrogens is 2. The molecular weight excluding hydrogens is 1240 g/mol. The molecule has 0 fully saturated rings. The second-order valence-corrected chi connectivity index (χ2v) is 40.2. The fourth-order valence-corrected chi connectivity index (χ4v) is 34.2. The zero-order valence-electron chi connectivity index (χ0n) is 59.0. The molecular formula is C84H102N8O2Si3. The molecule has 2 aromatic heterocycles. The molecule has 4 aliphatic heterocycles. The average Bonchev–Trinajstić information content (AvgIpc) is 1.53. The van der Waals surface area contributed by atoms with E-state index in [1.54, 1.807) is 0 Å². The maximum Gasteiger partial charge on any atom is 0.582 e. The minimum absolute atomic E-state index is 0.643. The minimum atomic E-state index is -4.69. The van der Waals surface area contributed by atoms with Crippen molar-refractivity contribution in [2.45, 2.75) is 232 Å². The number of hydrogen-bond donors (Lipinski definition) is 0. The number of unbranched alkanes of at least 4 members (excludes halogenated alkanes) is 18. The maximum absolute atomic E-state index is 9.78. The van der Waals surface area contributed by atoms with E-state index in [1.165, 1.54) is 116 Å². The predicted molar refractivity (Wildman–Crippen MR) is 418 cm³/mol. The van der Waals surface area contributed by atoms with Crippen molar-refractivity contribution in [1.82, 2.24) is 8.47 Å². The van der Waals surface area contributed by atoms with Gasteiger partial charge in [0.1, 0.15) is 22.6 Å². The Labute approximate surface area is 579 Å². The third-order valence-electron chi connectivity index (χ3n) is 21.8. The summed E-state index contributed by atoms with van der Waals surface area (Å²) in [6.07, 6.45) is 28.1. The number of rotatable bonds is 34. The van der Waals surface area contributed by atoms with Crippen LogP contribution in [0.3, 0.4) is 0 Å². The van der Waals surface area contributed by atoms with E-state index in [2.05, 4.69) is 196 Å². The molecule has 0 unspecified atom stereocenters. The summed E-state index contributed by atoms with van der Waals surface area (Å²) in [5.74, 6) is 4.14. The molecule has 10 nitrogen and oxygen atoms in total. The third kappa shape index (κ3) is 13.5. The Bertz CT molecular complexity index is 4450. The number of benzene rings is 8. The van der Waals surface area contributed by atoms with E-state index in [1.807, 2.05) is 0 Å². The first-order chi connectivity index (χ1) is 47.7. The number of fused-ring (bicyclic) bond motifs is 18. The molecule has 97 heavy (non-hydrogen) atoms. The lowest BCUT2D eigenvalue weighted by Crippen LogP contribution is -2.71. The van der Waals surface area contributed by atoms with E-state index in [0.717, 1.165) is 184 Å². The molecule has 0 saturated carbocycles. The van der Waals surface area contributed by atoms with Crippen molar-refractivity contribution in [2.24, 2.45) is 30.0 Å². The van der Waals surface area contributed by atoms with E-state index in [4.69, 9.17) is 30.0 Å². The number of amidine groups is 4. The molecule has 0 amide bonds. The van der Waals surface area contributed by atoms with Gasteiger partial charge in [0.25, 0.3) is 0 Å². The molecule has 0 spiro atoms. The summed E-state index contributed by atoms with van der Waals surface area (Å²) in [5.41, 5.74) is 5.43. The zero-order chi connectivity index (χ0) is 66.4. The summed E-state index contributed by atoms with van der Waals surface area (Å²) in [7, 11) is -10.8. The number of aliphatic imine (C=N–C) groups is 4. The predicted octanol–water partition coefficient (Wildman–Crippen LogP) is 23.4. The molecule has 0 N–H and O–H groups in total. The van der Waals surface area contributed by atoms with Gasteiger partial charge in [0, 0.05) is 43.8 Å². The van der Waals surface area contributed by atoms with Gasteiger partial charge < -0.3 is 8.23 Å². The minimum Gasteiger partial charge on any atom is -0.404 e. The van der Waals surface area contributed by atoms with Crippen LogP contribution in [0.5, 0.6) is 0 Å². The quantitative estimate of drug-likeness (QED) is 0.0296. The van der Waals surface area contributed by atoms with Crippen LogP contribution in [0.2, 0.25) is 36.3 Å². The largest absolute Gasteiger partial charge is 0.582 e. The van der Waals surface area contributed by atoms with Crippen molar-refractivity contribution in [1.29, 1.82) is 0 Å². The van der Waals surface area contributed by atoms with E-state index in [0.29, 0.717) is 23.3 Å². The van der Waals surface area contributed by atoms with Crippen molar-refractivity contribution in [3.05, 3.63) is 179 Å². The summed E-state index contributed by atoms with van der Waals surface area (Å²) < 4.78 is 24.8. The molecule has 6 heterocycles. The molecule has 13 heteroatoms. The molecule has 502 valence electrons. The molecule has 6 bridgehead atoms. The summed E-state index contributed by atoms with van der Waals surface area (Å²) in [6, 6.07) is 60.5. The topological polar surface area (TPSA) is 102 Å². The Hall–Kier alpha value is -7.27. The van der Waals surface area contributed by atoms with Gasteiger partial charge in [-0.15, -0.1) is 0 Å². The van der Waals surface area contributed by atoms with Gasteiger partial charge >= 0.3 is 8.88 Å². The van der Waals surface area contributed by atoms with Crippen molar-refractivity contribution in [3.8, 4) is 0 Å². The Balaban J connectivity index is 1.24. The van der Waals surface area contributed by atoms with E-state index in [9.17, 15) is 8.23 Å². The van der Waals surface area contributed by atoms with Gasteiger partial charge in [0.05, 0.1) is 0 Å². The highest BCUT2D eigenvalue weighted by Gasteiger charge is 2.61. The Kier molecular flexibility index (Phi) is 20.7. The normalized spacial score (nSPS) is 16.4. The average molecular weight is 1340 g/mol. The first kappa shape index (κ1) is 66.9. The lowest BCUT2D eigenvalue weighted by molar-refractivity contribution is 0.317. The van der Waals surface area contributed by atoms with Crippen LogP contribution in [0.4, 0.5) is 11.6 Å². The highest BCUT2D eigenvalue weighted by atomic mass is 28.5. The smallest absolute Gasteiger partial charge is 0.404 e. The van der Waals surface area contributed by atoms with Gasteiger partial charge in [-0.25, -0.2) is 30.0 Å². The van der Waals surface area contributed by atoms with Crippen LogP contribution in [-0.4, -0.2) is 57.3 Å². The highest BCUT2D eigenvalue weighted by Crippen LogP contribution is 2.49. The van der Waals surface area contributed by atoms with Crippen molar-refractivity contribution >= 4 is 125 Å². The van der Waals surface area contributed by atoms with Crippen LogP contribution in [0, 0.1) is 0 Å². The summed E-state index contributed by atoms with van der Waals surface area (Å²) in [5, 5.41) is 13.1. The van der Waals surface area contributed by atoms with Crippen LogP contribution < -0.4 is 11.0 Å². The number of hydrogen-bond acceptors (Lipinski definition) is 8. The second-order valence-electron chi connectivity index (χ2n) is 28.9. The number of nitrogens with zero attached hydrogens (tertiary/aromatic N) is 8. The second kappa shape index (κ2) is 30.1. The van der Waals surface area contributed by atoms with Gasteiger partial charge in [-0.05, 0) is 128 Å². The third-order valence-corrected chi connectivity index (χ3v) is 36.9. The lowest BCUT2D eigenvalue weighted by Gasteiger charge is -2.47. The zero-order valence-corrected chi connectivity index (χ0v) is 62.0. The summed E-state index contributed by atoms with van der Waals surface area (Å²) in [4.78, 5) is 36.7. The van der Waals surface area contributed by atoms with Crippen LogP contribution in [0.15, 0.2) is 176 Å². The van der Waals surface area contributed by atoms with E-state index >= 15 is 0 Å². The Morgan fingerprint density at radius 3 is 0.794 bits per heavy atom. The Morgan fingerprint density at radius 1 is 0.278 bits per heavy atom. The first-order valence-electron chi connectivity index (χ1n) is 38.1. The SMILES string of the molecule is CCCCCC[Si](CCCCCC)(CCCCCC)O[Si]1(O[Si](CCCCCC)(CCCCCC)CCCCCC)n2c3c4cc5ccccc5cc4c2/N=C2N=C(/N=c4/c5cc6ccccc6cc5/c(n41)=N/C1=NC(=N\3)/c3cc4ccccc4cc31)c1cc3ccccc3cc1\2. The summed E-state index contributed by atoms with van der Waals surface area (Å²) in [6.45, 7) is 14.2. The summed E-state index contributed by atoms with van der Waals surface area (Å²) >= 11 is 0. The van der Waals surface area contributed by atoms with E-state index in [-0.39, 0.29) is 0 Å².